The van der Waals surface area contributed by atoms with Crippen LogP contribution in [0.4, 0.5) is 5.82 Å². The van der Waals surface area contributed by atoms with Gasteiger partial charge in [0, 0.05) is 24.7 Å². The third kappa shape index (κ3) is 2.98. The Balaban J connectivity index is 1.56. The van der Waals surface area contributed by atoms with Crippen LogP contribution in [0.5, 0.6) is 0 Å². The van der Waals surface area contributed by atoms with Crippen molar-refractivity contribution in [3.05, 3.63) is 84.7 Å². The van der Waals surface area contributed by atoms with E-state index in [9.17, 15) is 4.79 Å². The Morgan fingerprint density at radius 1 is 1.08 bits per heavy atom. The largest absolute Gasteiger partial charge is 0.306 e. The minimum absolute atomic E-state index is 0.245. The number of carbonyl (C=O) groups excluding carboxylic acids is 1. The van der Waals surface area contributed by atoms with Gasteiger partial charge in [-0.15, -0.1) is 0 Å². The second-order valence-electron chi connectivity index (χ2n) is 5.74. The molecule has 0 aliphatic rings. The van der Waals surface area contributed by atoms with E-state index in [4.69, 9.17) is 0 Å². The number of nitrogens with one attached hydrogen (secondary N) is 1. The molecule has 0 spiro atoms. The number of rotatable bonds is 4. The lowest BCUT2D eigenvalue weighted by molar-refractivity contribution is 0.102. The van der Waals surface area contributed by atoms with Crippen molar-refractivity contribution in [2.75, 3.05) is 5.32 Å². The topological polar surface area (TPSA) is 77.6 Å². The summed E-state index contributed by atoms with van der Waals surface area (Å²) in [6, 6.07) is 13.1. The van der Waals surface area contributed by atoms with Crippen molar-refractivity contribution in [1.29, 1.82) is 0 Å². The minimum Gasteiger partial charge on any atom is -0.306 e. The van der Waals surface area contributed by atoms with Crippen molar-refractivity contribution >= 4 is 11.7 Å². The monoisotopic (exact) mass is 344 g/mol. The first-order valence-corrected chi connectivity index (χ1v) is 8.08. The Morgan fingerprint density at radius 2 is 1.96 bits per heavy atom. The van der Waals surface area contributed by atoms with E-state index in [1.54, 1.807) is 58.6 Å². The second kappa shape index (κ2) is 6.64. The molecule has 0 saturated carbocycles. The lowest BCUT2D eigenvalue weighted by Crippen LogP contribution is -2.16. The van der Waals surface area contributed by atoms with Crippen LogP contribution in [0, 0.1) is 6.92 Å². The van der Waals surface area contributed by atoms with Gasteiger partial charge in [-0.25, -0.2) is 14.6 Å². The molecule has 0 atom stereocenters. The van der Waals surface area contributed by atoms with Gasteiger partial charge >= 0.3 is 0 Å². The lowest BCUT2D eigenvalue weighted by Gasteiger charge is -2.11. The van der Waals surface area contributed by atoms with E-state index in [1.807, 2.05) is 31.2 Å². The highest BCUT2D eigenvalue weighted by atomic mass is 16.1. The van der Waals surface area contributed by atoms with E-state index in [0.29, 0.717) is 17.2 Å². The summed E-state index contributed by atoms with van der Waals surface area (Å²) in [6.45, 7) is 2.00. The molecular formula is C19H16N6O. The lowest BCUT2D eigenvalue weighted by atomic mass is 10.2. The van der Waals surface area contributed by atoms with E-state index in [0.717, 1.165) is 11.3 Å². The van der Waals surface area contributed by atoms with Crippen LogP contribution in [0.15, 0.2) is 73.6 Å². The molecule has 4 rings (SSSR count). The van der Waals surface area contributed by atoms with Gasteiger partial charge in [0.25, 0.3) is 5.91 Å². The van der Waals surface area contributed by atoms with Crippen molar-refractivity contribution < 1.29 is 4.79 Å². The fraction of sp³-hybridized carbons (Fsp3) is 0.0526. The first-order valence-electron chi connectivity index (χ1n) is 8.08. The Labute approximate surface area is 150 Å². The predicted octanol–water partition coefficient (Wildman–Crippen LogP) is 3.01. The summed E-state index contributed by atoms with van der Waals surface area (Å²) >= 11 is 0. The number of para-hydroxylation sites is 1. The molecule has 4 aromatic rings. The zero-order valence-corrected chi connectivity index (χ0v) is 14.1. The molecule has 0 aliphatic heterocycles. The van der Waals surface area contributed by atoms with E-state index in [1.165, 1.54) is 0 Å². The number of hydrogen-bond donors (Lipinski definition) is 1. The summed E-state index contributed by atoms with van der Waals surface area (Å²) in [4.78, 5) is 20.9. The second-order valence-corrected chi connectivity index (χ2v) is 5.74. The minimum atomic E-state index is -0.245. The maximum atomic E-state index is 12.6. The molecule has 1 aromatic carbocycles. The number of aryl methyl sites for hydroxylation is 1. The summed E-state index contributed by atoms with van der Waals surface area (Å²) in [6.07, 6.45) is 8.32. The molecule has 0 unspecified atom stereocenters. The quantitative estimate of drug-likeness (QED) is 0.617. The van der Waals surface area contributed by atoms with Gasteiger partial charge in [-0.1, -0.05) is 18.2 Å². The molecule has 128 valence electrons. The summed E-state index contributed by atoms with van der Waals surface area (Å²) in [7, 11) is 0. The smallest absolute Gasteiger partial charge is 0.258 e. The molecule has 3 heterocycles. The SMILES string of the molecule is Cc1ccccc1-n1nccc1NC(=O)c1ccc(-n2ccnc2)nc1. The Kier molecular flexibility index (Phi) is 4.03. The number of nitrogens with zero attached hydrogens (tertiary/aromatic N) is 5. The van der Waals surface area contributed by atoms with Gasteiger partial charge in [-0.05, 0) is 30.7 Å². The highest BCUT2D eigenvalue weighted by Crippen LogP contribution is 2.19. The predicted molar refractivity (Wildman–Crippen MR) is 97.6 cm³/mol. The van der Waals surface area contributed by atoms with E-state index < -0.39 is 0 Å². The molecule has 7 nitrogen and oxygen atoms in total. The van der Waals surface area contributed by atoms with Gasteiger partial charge in [0.15, 0.2) is 0 Å². The van der Waals surface area contributed by atoms with Crippen LogP contribution < -0.4 is 5.32 Å². The number of benzene rings is 1. The molecule has 7 heteroatoms. The standard InChI is InChI=1S/C19H16N6O/c1-14-4-2-3-5-16(14)25-18(8-9-22-25)23-19(26)15-6-7-17(21-12-15)24-11-10-20-13-24/h2-13H,1H3,(H,23,26). The van der Waals surface area contributed by atoms with Gasteiger partial charge in [-0.3, -0.25) is 9.36 Å². The van der Waals surface area contributed by atoms with E-state index in [2.05, 4.69) is 20.4 Å². The van der Waals surface area contributed by atoms with Crippen LogP contribution in [-0.2, 0) is 0 Å². The summed E-state index contributed by atoms with van der Waals surface area (Å²) in [5.74, 6) is 1.05. The molecule has 0 saturated heterocycles. The zero-order valence-electron chi connectivity index (χ0n) is 14.1. The molecule has 3 aromatic heterocycles. The van der Waals surface area contributed by atoms with Gasteiger partial charge in [0.2, 0.25) is 0 Å². The molecule has 0 fully saturated rings. The van der Waals surface area contributed by atoms with Crippen molar-refractivity contribution in [3.8, 4) is 11.5 Å². The number of pyridine rings is 1. The van der Waals surface area contributed by atoms with Crippen molar-refractivity contribution in [2.24, 2.45) is 0 Å². The van der Waals surface area contributed by atoms with Crippen molar-refractivity contribution in [1.82, 2.24) is 24.3 Å². The number of carbonyl (C=O) groups is 1. The molecule has 0 bridgehead atoms. The Hall–Kier alpha value is -3.74. The number of imidazole rings is 1. The van der Waals surface area contributed by atoms with Crippen LogP contribution in [0.25, 0.3) is 11.5 Å². The van der Waals surface area contributed by atoms with Gasteiger partial charge in [0.1, 0.15) is 18.0 Å². The average Bonchev–Trinajstić information content (AvgIpc) is 3.34. The van der Waals surface area contributed by atoms with Crippen LogP contribution in [0.3, 0.4) is 0 Å². The fourth-order valence-electron chi connectivity index (χ4n) is 2.65. The van der Waals surface area contributed by atoms with Crippen LogP contribution in [0.1, 0.15) is 15.9 Å². The molecular weight excluding hydrogens is 328 g/mol. The molecule has 0 radical (unpaired) electrons. The number of amides is 1. The number of anilines is 1. The normalized spacial score (nSPS) is 10.7. The maximum absolute atomic E-state index is 12.6. The van der Waals surface area contributed by atoms with Crippen molar-refractivity contribution in [2.45, 2.75) is 6.92 Å². The highest BCUT2D eigenvalue weighted by Gasteiger charge is 2.12. The Morgan fingerprint density at radius 3 is 2.69 bits per heavy atom. The van der Waals surface area contributed by atoms with Gasteiger partial charge < -0.3 is 5.32 Å². The Bertz CT molecular complexity index is 1030. The highest BCUT2D eigenvalue weighted by molar-refractivity contribution is 6.03. The van der Waals surface area contributed by atoms with Crippen molar-refractivity contribution in [3.63, 3.8) is 0 Å². The van der Waals surface area contributed by atoms with Gasteiger partial charge in [-0.2, -0.15) is 5.10 Å². The number of aromatic nitrogens is 5. The first kappa shape index (κ1) is 15.8. The van der Waals surface area contributed by atoms with E-state index in [-0.39, 0.29) is 5.91 Å². The third-order valence-electron chi connectivity index (χ3n) is 4.01. The molecule has 26 heavy (non-hydrogen) atoms. The van der Waals surface area contributed by atoms with Crippen LogP contribution >= 0.6 is 0 Å². The fourth-order valence-corrected chi connectivity index (χ4v) is 2.65. The summed E-state index contributed by atoms with van der Waals surface area (Å²) in [5, 5.41) is 7.21. The third-order valence-corrected chi connectivity index (χ3v) is 4.01. The molecule has 1 amide bonds. The summed E-state index contributed by atoms with van der Waals surface area (Å²) < 4.78 is 3.48. The van der Waals surface area contributed by atoms with Crippen LogP contribution in [-0.4, -0.2) is 30.2 Å². The van der Waals surface area contributed by atoms with Crippen LogP contribution in [0.2, 0.25) is 0 Å². The average molecular weight is 344 g/mol. The van der Waals surface area contributed by atoms with Gasteiger partial charge in [0.05, 0.1) is 17.4 Å². The first-order chi connectivity index (χ1) is 12.7. The molecule has 1 N–H and O–H groups in total. The zero-order chi connectivity index (χ0) is 17.9. The maximum Gasteiger partial charge on any atom is 0.258 e. The number of hydrogen-bond acceptors (Lipinski definition) is 4. The summed E-state index contributed by atoms with van der Waals surface area (Å²) in [5.41, 5.74) is 2.45. The van der Waals surface area contributed by atoms with E-state index >= 15 is 0 Å². The molecule has 0 aliphatic carbocycles.